The molecule has 1 unspecified atom stereocenters. The molecule has 1 aliphatic heterocycles. The van der Waals surface area contributed by atoms with E-state index in [-0.39, 0.29) is 17.8 Å². The third-order valence-corrected chi connectivity index (χ3v) is 5.24. The van der Waals surface area contributed by atoms with Gasteiger partial charge in [-0.05, 0) is 49.6 Å². The van der Waals surface area contributed by atoms with Crippen molar-refractivity contribution in [2.24, 2.45) is 5.41 Å². The van der Waals surface area contributed by atoms with Crippen molar-refractivity contribution in [3.8, 4) is 11.5 Å². The van der Waals surface area contributed by atoms with Gasteiger partial charge in [0.15, 0.2) is 11.6 Å². The zero-order valence-corrected chi connectivity index (χ0v) is 16.2. The van der Waals surface area contributed by atoms with Gasteiger partial charge in [-0.1, -0.05) is 24.3 Å². The first-order valence-corrected chi connectivity index (χ1v) is 9.46. The van der Waals surface area contributed by atoms with Crippen LogP contribution in [0.15, 0.2) is 48.5 Å². The first-order chi connectivity index (χ1) is 13.5. The van der Waals surface area contributed by atoms with Gasteiger partial charge in [-0.25, -0.2) is 4.39 Å². The van der Waals surface area contributed by atoms with Crippen LogP contribution in [0.1, 0.15) is 31.4 Å². The quantitative estimate of drug-likeness (QED) is 0.720. The van der Waals surface area contributed by atoms with E-state index in [4.69, 9.17) is 14.2 Å². The van der Waals surface area contributed by atoms with Crippen molar-refractivity contribution >= 4 is 5.97 Å². The molecule has 28 heavy (non-hydrogen) atoms. The minimum absolute atomic E-state index is 0.135. The summed E-state index contributed by atoms with van der Waals surface area (Å²) in [5, 5.41) is 3.36. The molecule has 2 aromatic rings. The smallest absolute Gasteiger partial charge is 0.313 e. The van der Waals surface area contributed by atoms with E-state index in [2.05, 4.69) is 5.32 Å². The van der Waals surface area contributed by atoms with Crippen LogP contribution in [-0.4, -0.2) is 32.8 Å². The lowest BCUT2D eigenvalue weighted by Crippen LogP contribution is -2.46. The largest absolute Gasteiger partial charge is 0.469 e. The van der Waals surface area contributed by atoms with Crippen LogP contribution in [0.25, 0.3) is 0 Å². The highest BCUT2D eigenvalue weighted by atomic mass is 19.1. The van der Waals surface area contributed by atoms with E-state index in [9.17, 15) is 9.18 Å². The molecular weight excluding hydrogens is 361 g/mol. The van der Waals surface area contributed by atoms with Gasteiger partial charge in [0.2, 0.25) is 0 Å². The second kappa shape index (κ2) is 9.17. The van der Waals surface area contributed by atoms with Gasteiger partial charge in [0, 0.05) is 25.8 Å². The Hall–Kier alpha value is -2.44. The first kappa shape index (κ1) is 20.3. The SMILES string of the molecule is COC(=O)C1(CNC(C)c2ccc(Oc3ccccc3)c(F)c2)CCOCC1. The lowest BCUT2D eigenvalue weighted by molar-refractivity contribution is -0.158. The van der Waals surface area contributed by atoms with Gasteiger partial charge in [0.05, 0.1) is 12.5 Å². The molecule has 0 amide bonds. The molecule has 1 aliphatic rings. The van der Waals surface area contributed by atoms with Crippen LogP contribution in [0.5, 0.6) is 11.5 Å². The van der Waals surface area contributed by atoms with E-state index in [0.29, 0.717) is 38.3 Å². The summed E-state index contributed by atoms with van der Waals surface area (Å²) in [6, 6.07) is 13.9. The summed E-state index contributed by atoms with van der Waals surface area (Å²) in [7, 11) is 1.41. The molecule has 6 heteroatoms. The maximum atomic E-state index is 14.5. The molecule has 5 nitrogen and oxygen atoms in total. The Labute approximate surface area is 164 Å². The molecule has 1 N–H and O–H groups in total. The van der Waals surface area contributed by atoms with Gasteiger partial charge < -0.3 is 19.5 Å². The van der Waals surface area contributed by atoms with Crippen LogP contribution in [0.4, 0.5) is 4.39 Å². The van der Waals surface area contributed by atoms with Gasteiger partial charge in [-0.15, -0.1) is 0 Å². The molecule has 1 atom stereocenters. The molecule has 3 rings (SSSR count). The third-order valence-electron chi connectivity index (χ3n) is 5.24. The van der Waals surface area contributed by atoms with Crippen molar-refractivity contribution < 1.29 is 23.4 Å². The minimum atomic E-state index is -0.601. The molecule has 0 aliphatic carbocycles. The molecule has 150 valence electrons. The number of benzene rings is 2. The van der Waals surface area contributed by atoms with Gasteiger partial charge >= 0.3 is 5.97 Å². The number of hydrogen-bond donors (Lipinski definition) is 1. The van der Waals surface area contributed by atoms with E-state index < -0.39 is 11.2 Å². The molecule has 0 saturated carbocycles. The Morgan fingerprint density at radius 2 is 1.93 bits per heavy atom. The number of halogens is 1. The zero-order chi connectivity index (χ0) is 20.0. The number of methoxy groups -OCH3 is 1. The van der Waals surface area contributed by atoms with Crippen molar-refractivity contribution in [3.63, 3.8) is 0 Å². The standard InChI is InChI=1S/C22H26FNO4/c1-16(24-15-22(21(25)26-2)10-12-27-13-11-22)17-8-9-20(19(23)14-17)28-18-6-4-3-5-7-18/h3-9,14,16,24H,10-13,15H2,1-2H3. The number of para-hydroxylation sites is 1. The van der Waals surface area contributed by atoms with Gasteiger partial charge in [0.25, 0.3) is 0 Å². The molecule has 0 spiro atoms. The van der Waals surface area contributed by atoms with Crippen molar-refractivity contribution in [3.05, 3.63) is 59.9 Å². The van der Waals surface area contributed by atoms with E-state index in [1.807, 2.05) is 31.2 Å². The van der Waals surface area contributed by atoms with Gasteiger partial charge in [-0.3, -0.25) is 4.79 Å². The number of esters is 1. The first-order valence-electron chi connectivity index (χ1n) is 9.46. The zero-order valence-electron chi connectivity index (χ0n) is 16.2. The van der Waals surface area contributed by atoms with E-state index >= 15 is 0 Å². The molecule has 1 saturated heterocycles. The molecular formula is C22H26FNO4. The van der Waals surface area contributed by atoms with Crippen LogP contribution in [0.2, 0.25) is 0 Å². The van der Waals surface area contributed by atoms with Crippen LogP contribution < -0.4 is 10.1 Å². The molecule has 1 fully saturated rings. The Bertz CT molecular complexity index is 790. The number of rotatable bonds is 7. The summed E-state index contributed by atoms with van der Waals surface area (Å²) < 4.78 is 30.5. The van der Waals surface area contributed by atoms with Crippen LogP contribution in [0, 0.1) is 11.2 Å². The number of ether oxygens (including phenoxy) is 3. The maximum absolute atomic E-state index is 14.5. The number of nitrogens with one attached hydrogen (secondary N) is 1. The van der Waals surface area contributed by atoms with Crippen LogP contribution in [0.3, 0.4) is 0 Å². The summed E-state index contributed by atoms with van der Waals surface area (Å²) in [5.74, 6) is 0.106. The van der Waals surface area contributed by atoms with E-state index in [1.54, 1.807) is 18.2 Å². The number of hydrogen-bond acceptors (Lipinski definition) is 5. The molecule has 2 aromatic carbocycles. The highest BCUT2D eigenvalue weighted by Gasteiger charge is 2.41. The summed E-state index contributed by atoms with van der Waals surface area (Å²) in [4.78, 5) is 12.3. The van der Waals surface area contributed by atoms with Crippen LogP contribution in [-0.2, 0) is 14.3 Å². The summed E-state index contributed by atoms with van der Waals surface area (Å²) in [6.45, 7) is 3.46. The highest BCUT2D eigenvalue weighted by molar-refractivity contribution is 5.77. The van der Waals surface area contributed by atoms with Gasteiger partial charge in [-0.2, -0.15) is 0 Å². The predicted octanol–water partition coefficient (Wildman–Crippen LogP) is 4.24. The molecule has 0 radical (unpaired) electrons. The fraction of sp³-hybridized carbons (Fsp3) is 0.409. The van der Waals surface area contributed by atoms with E-state index in [1.165, 1.54) is 13.2 Å². The lowest BCUT2D eigenvalue weighted by atomic mass is 9.80. The highest BCUT2D eigenvalue weighted by Crippen LogP contribution is 2.32. The third kappa shape index (κ3) is 4.69. The van der Waals surface area contributed by atoms with Crippen LogP contribution >= 0.6 is 0 Å². The Morgan fingerprint density at radius 1 is 1.21 bits per heavy atom. The van der Waals surface area contributed by atoms with Crippen molar-refractivity contribution in [2.45, 2.75) is 25.8 Å². The Morgan fingerprint density at radius 3 is 2.57 bits per heavy atom. The fourth-order valence-electron chi connectivity index (χ4n) is 3.38. The fourth-order valence-corrected chi connectivity index (χ4v) is 3.38. The second-order valence-electron chi connectivity index (χ2n) is 7.09. The average Bonchev–Trinajstić information content (AvgIpc) is 2.74. The normalized spacial score (nSPS) is 17.0. The number of carbonyl (C=O) groups excluding carboxylic acids is 1. The molecule has 0 aromatic heterocycles. The predicted molar refractivity (Wildman–Crippen MR) is 104 cm³/mol. The van der Waals surface area contributed by atoms with Crippen molar-refractivity contribution in [2.75, 3.05) is 26.9 Å². The summed E-state index contributed by atoms with van der Waals surface area (Å²) in [6.07, 6.45) is 1.22. The monoisotopic (exact) mass is 387 g/mol. The Kier molecular flexibility index (Phi) is 6.65. The van der Waals surface area contributed by atoms with Crippen molar-refractivity contribution in [1.82, 2.24) is 5.32 Å². The lowest BCUT2D eigenvalue weighted by Gasteiger charge is -2.35. The van der Waals surface area contributed by atoms with Crippen molar-refractivity contribution in [1.29, 1.82) is 0 Å². The maximum Gasteiger partial charge on any atom is 0.313 e. The van der Waals surface area contributed by atoms with Gasteiger partial charge in [0.1, 0.15) is 5.75 Å². The Balaban J connectivity index is 1.66. The second-order valence-corrected chi connectivity index (χ2v) is 7.09. The average molecular weight is 387 g/mol. The molecule has 1 heterocycles. The van der Waals surface area contributed by atoms with E-state index in [0.717, 1.165) is 5.56 Å². The topological polar surface area (TPSA) is 56.8 Å². The number of carbonyl (C=O) groups is 1. The summed E-state index contributed by atoms with van der Waals surface area (Å²) in [5.41, 5.74) is 0.181. The summed E-state index contributed by atoms with van der Waals surface area (Å²) >= 11 is 0. The molecule has 0 bridgehead atoms. The minimum Gasteiger partial charge on any atom is -0.469 e.